The van der Waals surface area contributed by atoms with Crippen LogP contribution in [0.5, 0.6) is 0 Å². The normalized spacial score (nSPS) is 42.1. The van der Waals surface area contributed by atoms with Crippen molar-refractivity contribution < 1.29 is 5.11 Å². The Kier molecular flexibility index (Phi) is 4.46. The summed E-state index contributed by atoms with van der Waals surface area (Å²) >= 11 is 0. The van der Waals surface area contributed by atoms with E-state index in [0.717, 1.165) is 30.8 Å². The third kappa shape index (κ3) is 2.99. The number of hydrogen-bond acceptors (Lipinski definition) is 1. The molecule has 1 heteroatoms. The maximum absolute atomic E-state index is 11.0. The molecule has 0 aromatic rings. The Bertz CT molecular complexity index is 418. The smallest absolute Gasteiger partial charge is 0.0653 e. The molecule has 2 aliphatic rings. The van der Waals surface area contributed by atoms with Crippen molar-refractivity contribution in [2.24, 2.45) is 22.7 Å². The summed E-state index contributed by atoms with van der Waals surface area (Å²) in [6.45, 7) is 17.3. The second-order valence-electron chi connectivity index (χ2n) is 8.75. The second-order valence-corrected chi connectivity index (χ2v) is 8.75. The molecule has 0 radical (unpaired) electrons. The van der Waals surface area contributed by atoms with E-state index >= 15 is 0 Å². The highest BCUT2D eigenvalue weighted by molar-refractivity contribution is 5.13. The molecular weight excluding hydrogens is 256 g/mol. The molecule has 4 atom stereocenters. The van der Waals surface area contributed by atoms with Gasteiger partial charge in [-0.1, -0.05) is 52.0 Å². The molecule has 0 aromatic carbocycles. The van der Waals surface area contributed by atoms with Crippen LogP contribution in [0, 0.1) is 22.7 Å². The third-order valence-electron chi connectivity index (χ3n) is 6.80. The van der Waals surface area contributed by atoms with Crippen molar-refractivity contribution in [1.29, 1.82) is 0 Å². The number of fused-ring (bicyclic) bond motifs is 1. The van der Waals surface area contributed by atoms with E-state index in [1.54, 1.807) is 0 Å². The first-order chi connectivity index (χ1) is 9.63. The Morgan fingerprint density at radius 2 is 1.86 bits per heavy atom. The van der Waals surface area contributed by atoms with Gasteiger partial charge in [0, 0.05) is 0 Å². The van der Waals surface area contributed by atoms with E-state index in [1.165, 1.54) is 25.7 Å². The van der Waals surface area contributed by atoms with Gasteiger partial charge in [-0.3, -0.25) is 0 Å². The summed E-state index contributed by atoms with van der Waals surface area (Å²) < 4.78 is 0. The van der Waals surface area contributed by atoms with E-state index in [4.69, 9.17) is 0 Å². The van der Waals surface area contributed by atoms with Gasteiger partial charge in [-0.2, -0.15) is 0 Å². The predicted molar refractivity (Wildman–Crippen MR) is 91.1 cm³/mol. The first-order valence-electron chi connectivity index (χ1n) is 8.66. The van der Waals surface area contributed by atoms with E-state index in [0.29, 0.717) is 11.3 Å². The second kappa shape index (κ2) is 5.57. The Balaban J connectivity index is 2.28. The minimum absolute atomic E-state index is 0.269. The average Bonchev–Trinajstić information content (AvgIpc) is 2.35. The lowest BCUT2D eigenvalue weighted by molar-refractivity contribution is -0.168. The molecule has 0 saturated heterocycles. The fraction of sp³-hybridized carbons (Fsp3) is 0.800. The molecule has 2 aliphatic carbocycles. The lowest BCUT2D eigenvalue weighted by Gasteiger charge is -2.61. The Hall–Kier alpha value is -0.560. The minimum atomic E-state index is -0.528. The average molecular weight is 290 g/mol. The molecule has 2 saturated carbocycles. The number of allylic oxidation sites excluding steroid dienone is 2. The Labute approximate surface area is 131 Å². The highest BCUT2D eigenvalue weighted by atomic mass is 16.3. The number of aliphatic hydroxyl groups is 1. The van der Waals surface area contributed by atoms with Gasteiger partial charge < -0.3 is 5.11 Å². The van der Waals surface area contributed by atoms with Crippen LogP contribution in [0.15, 0.2) is 24.8 Å². The van der Waals surface area contributed by atoms with Crippen molar-refractivity contribution in [3.63, 3.8) is 0 Å². The largest absolute Gasteiger partial charge is 0.390 e. The maximum Gasteiger partial charge on any atom is 0.0653 e. The van der Waals surface area contributed by atoms with Crippen LogP contribution in [-0.4, -0.2) is 10.7 Å². The molecule has 0 aliphatic heterocycles. The standard InChI is InChI=1S/C20H34O/c1-7-15(2)9-10-17-19(5)13-8-12-18(3,4)16(19)11-14-20(17,6)21/h7,16-17,21H,1-2,8-14H2,3-6H3/t16-,17-,19-,20-/m0/s1. The van der Waals surface area contributed by atoms with Crippen molar-refractivity contribution in [1.82, 2.24) is 0 Å². The molecule has 0 bridgehead atoms. The van der Waals surface area contributed by atoms with Crippen molar-refractivity contribution >= 4 is 0 Å². The van der Waals surface area contributed by atoms with Crippen LogP contribution >= 0.6 is 0 Å². The molecule has 0 spiro atoms. The predicted octanol–water partition coefficient (Wildman–Crippen LogP) is 5.50. The summed E-state index contributed by atoms with van der Waals surface area (Å²) in [6, 6.07) is 0. The summed E-state index contributed by atoms with van der Waals surface area (Å²) in [7, 11) is 0. The zero-order chi connectivity index (χ0) is 15.9. The molecule has 0 heterocycles. The molecule has 120 valence electrons. The van der Waals surface area contributed by atoms with Crippen molar-refractivity contribution in [2.75, 3.05) is 0 Å². The van der Waals surface area contributed by atoms with Crippen LogP contribution < -0.4 is 0 Å². The quantitative estimate of drug-likeness (QED) is 0.678. The minimum Gasteiger partial charge on any atom is -0.390 e. The van der Waals surface area contributed by atoms with Crippen LogP contribution in [0.4, 0.5) is 0 Å². The Morgan fingerprint density at radius 1 is 1.19 bits per heavy atom. The van der Waals surface area contributed by atoms with E-state index in [9.17, 15) is 5.11 Å². The maximum atomic E-state index is 11.0. The Morgan fingerprint density at radius 3 is 2.48 bits per heavy atom. The highest BCUT2D eigenvalue weighted by Crippen LogP contribution is 2.62. The van der Waals surface area contributed by atoms with E-state index < -0.39 is 5.60 Å². The molecule has 21 heavy (non-hydrogen) atoms. The molecule has 1 nitrogen and oxygen atoms in total. The zero-order valence-electron chi connectivity index (χ0n) is 14.5. The number of rotatable bonds is 4. The molecule has 0 amide bonds. The van der Waals surface area contributed by atoms with Crippen LogP contribution in [0.25, 0.3) is 0 Å². The fourth-order valence-corrected chi connectivity index (χ4v) is 5.70. The summed E-state index contributed by atoms with van der Waals surface area (Å²) in [5.74, 6) is 1.11. The zero-order valence-corrected chi connectivity index (χ0v) is 14.5. The molecule has 2 rings (SSSR count). The topological polar surface area (TPSA) is 20.2 Å². The fourth-order valence-electron chi connectivity index (χ4n) is 5.70. The summed E-state index contributed by atoms with van der Waals surface area (Å²) in [5, 5.41) is 11.0. The van der Waals surface area contributed by atoms with Gasteiger partial charge in [0.1, 0.15) is 0 Å². The molecule has 0 unspecified atom stereocenters. The van der Waals surface area contributed by atoms with Gasteiger partial charge in [-0.25, -0.2) is 0 Å². The summed E-state index contributed by atoms with van der Waals surface area (Å²) in [5.41, 5.74) is 1.26. The molecule has 0 aromatic heterocycles. The SMILES string of the molecule is C=CC(=C)CC[C@H]1[C@@]2(C)CCCC(C)(C)[C@@H]2CC[C@]1(C)O. The van der Waals surface area contributed by atoms with Crippen LogP contribution in [-0.2, 0) is 0 Å². The molecule has 2 fully saturated rings. The van der Waals surface area contributed by atoms with E-state index in [-0.39, 0.29) is 5.41 Å². The van der Waals surface area contributed by atoms with Gasteiger partial charge in [0.25, 0.3) is 0 Å². The van der Waals surface area contributed by atoms with Gasteiger partial charge in [0.05, 0.1) is 5.60 Å². The van der Waals surface area contributed by atoms with Gasteiger partial charge in [0.2, 0.25) is 0 Å². The van der Waals surface area contributed by atoms with Gasteiger partial charge >= 0.3 is 0 Å². The third-order valence-corrected chi connectivity index (χ3v) is 6.80. The van der Waals surface area contributed by atoms with Gasteiger partial charge in [-0.15, -0.1) is 0 Å². The lowest BCUT2D eigenvalue weighted by Crippen LogP contribution is -2.57. The van der Waals surface area contributed by atoms with Crippen molar-refractivity contribution in [2.45, 2.75) is 78.2 Å². The van der Waals surface area contributed by atoms with E-state index in [1.807, 2.05) is 6.08 Å². The molecular formula is C20H34O. The van der Waals surface area contributed by atoms with Crippen LogP contribution in [0.1, 0.15) is 72.6 Å². The number of hydrogen-bond donors (Lipinski definition) is 1. The van der Waals surface area contributed by atoms with Gasteiger partial charge in [0.15, 0.2) is 0 Å². The molecule has 1 N–H and O–H groups in total. The van der Waals surface area contributed by atoms with Crippen LogP contribution in [0.2, 0.25) is 0 Å². The van der Waals surface area contributed by atoms with Crippen molar-refractivity contribution in [3.8, 4) is 0 Å². The first kappa shape index (κ1) is 16.8. The summed E-state index contributed by atoms with van der Waals surface area (Å²) in [6.07, 6.45) is 9.90. The summed E-state index contributed by atoms with van der Waals surface area (Å²) in [4.78, 5) is 0. The van der Waals surface area contributed by atoms with Gasteiger partial charge in [-0.05, 0) is 68.1 Å². The van der Waals surface area contributed by atoms with E-state index in [2.05, 4.69) is 40.9 Å². The van der Waals surface area contributed by atoms with Crippen molar-refractivity contribution in [3.05, 3.63) is 24.8 Å². The first-order valence-corrected chi connectivity index (χ1v) is 8.66. The monoisotopic (exact) mass is 290 g/mol. The highest BCUT2D eigenvalue weighted by Gasteiger charge is 2.57. The lowest BCUT2D eigenvalue weighted by atomic mass is 9.45. The van der Waals surface area contributed by atoms with Crippen LogP contribution in [0.3, 0.4) is 0 Å².